The van der Waals surface area contributed by atoms with E-state index in [9.17, 15) is 13.2 Å². The molecule has 2 aliphatic heterocycles. The van der Waals surface area contributed by atoms with E-state index in [-0.39, 0.29) is 17.6 Å². The maximum absolute atomic E-state index is 12.6. The van der Waals surface area contributed by atoms with Gasteiger partial charge in [0.25, 0.3) is 0 Å². The van der Waals surface area contributed by atoms with E-state index >= 15 is 0 Å². The van der Waals surface area contributed by atoms with E-state index in [2.05, 4.69) is 17.1 Å². The molecule has 30 heavy (non-hydrogen) atoms. The number of unbranched alkanes of at least 4 members (excludes halogenated alkanes) is 1. The number of anilines is 1. The smallest absolute Gasteiger partial charge is 0.223 e. The molecule has 1 amide bonds. The standard InChI is InChI=1S/C22H34ClN3O3S/c1-3-4-13-30(28,29)26-11-8-19(9-12-26)22(27)24-15-18-7-10-25(16-18)21-14-20(23)6-5-17(21)2/h5-6,14,18-19H,3-4,7-13,15-16H2,1-2H3,(H,24,27). The summed E-state index contributed by atoms with van der Waals surface area (Å²) in [5.41, 5.74) is 2.39. The number of carbonyl (C=O) groups excluding carboxylic acids is 1. The van der Waals surface area contributed by atoms with Gasteiger partial charge in [0.2, 0.25) is 15.9 Å². The van der Waals surface area contributed by atoms with Crippen molar-refractivity contribution < 1.29 is 13.2 Å². The lowest BCUT2D eigenvalue weighted by molar-refractivity contribution is -0.126. The van der Waals surface area contributed by atoms with E-state index in [1.807, 2.05) is 25.1 Å². The molecule has 0 spiro atoms. The molecule has 1 aromatic rings. The van der Waals surface area contributed by atoms with E-state index in [4.69, 9.17) is 11.6 Å². The molecule has 0 saturated carbocycles. The second kappa shape index (κ2) is 10.3. The average molecular weight is 456 g/mol. The highest BCUT2D eigenvalue weighted by Crippen LogP contribution is 2.29. The normalized spacial score (nSPS) is 21.2. The zero-order chi connectivity index (χ0) is 21.7. The van der Waals surface area contributed by atoms with Gasteiger partial charge >= 0.3 is 0 Å². The van der Waals surface area contributed by atoms with E-state index in [0.717, 1.165) is 31.0 Å². The molecule has 0 aromatic heterocycles. The van der Waals surface area contributed by atoms with Crippen LogP contribution >= 0.6 is 11.6 Å². The monoisotopic (exact) mass is 455 g/mol. The lowest BCUT2D eigenvalue weighted by Gasteiger charge is -2.30. The molecular weight excluding hydrogens is 422 g/mol. The predicted molar refractivity (Wildman–Crippen MR) is 123 cm³/mol. The Morgan fingerprint density at radius 3 is 2.63 bits per heavy atom. The van der Waals surface area contributed by atoms with E-state index < -0.39 is 10.0 Å². The second-order valence-corrected chi connectivity index (χ2v) is 11.1. The number of sulfonamides is 1. The van der Waals surface area contributed by atoms with Crippen molar-refractivity contribution in [2.75, 3.05) is 43.4 Å². The Labute approximate surface area is 186 Å². The van der Waals surface area contributed by atoms with Gasteiger partial charge in [-0.15, -0.1) is 0 Å². The minimum absolute atomic E-state index is 0.0676. The summed E-state index contributed by atoms with van der Waals surface area (Å²) in [6.07, 6.45) is 3.81. The Bertz CT molecular complexity index is 838. The van der Waals surface area contributed by atoms with Crippen molar-refractivity contribution in [1.82, 2.24) is 9.62 Å². The number of benzene rings is 1. The fourth-order valence-electron chi connectivity index (χ4n) is 4.38. The SMILES string of the molecule is CCCCS(=O)(=O)N1CCC(C(=O)NCC2CCN(c3cc(Cl)ccc3C)C2)CC1. The van der Waals surface area contributed by atoms with Gasteiger partial charge in [0.15, 0.2) is 0 Å². The van der Waals surface area contributed by atoms with Crippen molar-refractivity contribution in [2.45, 2.75) is 46.0 Å². The van der Waals surface area contributed by atoms with Gasteiger partial charge in [-0.2, -0.15) is 0 Å². The highest BCUT2D eigenvalue weighted by Gasteiger charge is 2.31. The van der Waals surface area contributed by atoms with Crippen LogP contribution in [0.3, 0.4) is 0 Å². The topological polar surface area (TPSA) is 69.7 Å². The number of piperidine rings is 1. The summed E-state index contributed by atoms with van der Waals surface area (Å²) in [4.78, 5) is 15.0. The van der Waals surface area contributed by atoms with Crippen LogP contribution in [0, 0.1) is 18.8 Å². The molecule has 3 rings (SSSR count). The van der Waals surface area contributed by atoms with Gasteiger partial charge in [0, 0.05) is 49.4 Å². The van der Waals surface area contributed by atoms with Crippen LogP contribution in [0.2, 0.25) is 5.02 Å². The number of hydrogen-bond acceptors (Lipinski definition) is 4. The van der Waals surface area contributed by atoms with Crippen LogP contribution < -0.4 is 10.2 Å². The van der Waals surface area contributed by atoms with Crippen molar-refractivity contribution >= 4 is 33.2 Å². The predicted octanol–water partition coefficient (Wildman–Crippen LogP) is 3.43. The molecule has 2 heterocycles. The van der Waals surface area contributed by atoms with Crippen molar-refractivity contribution in [3.63, 3.8) is 0 Å². The number of nitrogens with one attached hydrogen (secondary N) is 1. The first-order valence-corrected chi connectivity index (χ1v) is 13.1. The van der Waals surface area contributed by atoms with Crippen molar-refractivity contribution in [3.05, 3.63) is 28.8 Å². The molecule has 1 unspecified atom stereocenters. The number of aryl methyl sites for hydroxylation is 1. The van der Waals surface area contributed by atoms with Crippen LogP contribution in [-0.2, 0) is 14.8 Å². The molecule has 0 bridgehead atoms. The van der Waals surface area contributed by atoms with E-state index in [1.54, 1.807) is 4.31 Å². The largest absolute Gasteiger partial charge is 0.371 e. The summed E-state index contributed by atoms with van der Waals surface area (Å²) in [6, 6.07) is 5.97. The van der Waals surface area contributed by atoms with Gasteiger partial charge in [-0.1, -0.05) is 31.0 Å². The summed E-state index contributed by atoms with van der Waals surface area (Å²) in [5, 5.41) is 3.87. The molecular formula is C22H34ClN3O3S. The van der Waals surface area contributed by atoms with Crippen LogP contribution in [0.5, 0.6) is 0 Å². The van der Waals surface area contributed by atoms with Crippen LogP contribution in [-0.4, -0.2) is 57.1 Å². The van der Waals surface area contributed by atoms with Gasteiger partial charge < -0.3 is 10.2 Å². The average Bonchev–Trinajstić information content (AvgIpc) is 3.21. The molecule has 168 valence electrons. The van der Waals surface area contributed by atoms with Gasteiger partial charge in [-0.05, 0) is 56.2 Å². The number of rotatable bonds is 8. The first-order chi connectivity index (χ1) is 14.3. The Morgan fingerprint density at radius 1 is 1.20 bits per heavy atom. The third kappa shape index (κ3) is 5.89. The number of carbonyl (C=O) groups is 1. The van der Waals surface area contributed by atoms with Crippen LogP contribution in [0.15, 0.2) is 18.2 Å². The molecule has 2 fully saturated rings. The van der Waals surface area contributed by atoms with Crippen molar-refractivity contribution in [3.8, 4) is 0 Å². The van der Waals surface area contributed by atoms with Gasteiger partial charge in [0.05, 0.1) is 5.75 Å². The minimum atomic E-state index is -3.17. The summed E-state index contributed by atoms with van der Waals surface area (Å²) >= 11 is 6.16. The first-order valence-electron chi connectivity index (χ1n) is 11.1. The third-order valence-electron chi connectivity index (χ3n) is 6.34. The number of halogens is 1. The van der Waals surface area contributed by atoms with Crippen LogP contribution in [0.4, 0.5) is 5.69 Å². The molecule has 8 heteroatoms. The van der Waals surface area contributed by atoms with Crippen molar-refractivity contribution in [1.29, 1.82) is 0 Å². The number of amides is 1. The number of nitrogens with zero attached hydrogens (tertiary/aromatic N) is 2. The summed E-state index contributed by atoms with van der Waals surface area (Å²) in [5.74, 6) is 0.611. The maximum Gasteiger partial charge on any atom is 0.223 e. The number of hydrogen-bond donors (Lipinski definition) is 1. The third-order valence-corrected chi connectivity index (χ3v) is 8.53. The molecule has 1 N–H and O–H groups in total. The maximum atomic E-state index is 12.6. The van der Waals surface area contributed by atoms with Gasteiger partial charge in [-0.3, -0.25) is 4.79 Å². The second-order valence-electron chi connectivity index (χ2n) is 8.62. The van der Waals surface area contributed by atoms with E-state index in [1.165, 1.54) is 11.3 Å². The van der Waals surface area contributed by atoms with Crippen LogP contribution in [0.25, 0.3) is 0 Å². The van der Waals surface area contributed by atoms with Crippen molar-refractivity contribution in [2.24, 2.45) is 11.8 Å². The zero-order valence-corrected chi connectivity index (χ0v) is 19.6. The Hall–Kier alpha value is -1.31. The summed E-state index contributed by atoms with van der Waals surface area (Å²) in [7, 11) is -3.17. The zero-order valence-electron chi connectivity index (χ0n) is 18.1. The van der Waals surface area contributed by atoms with Crippen LogP contribution in [0.1, 0.15) is 44.6 Å². The van der Waals surface area contributed by atoms with Gasteiger partial charge in [-0.25, -0.2) is 12.7 Å². The Balaban J connectivity index is 1.43. The highest BCUT2D eigenvalue weighted by atomic mass is 35.5. The van der Waals surface area contributed by atoms with E-state index in [0.29, 0.717) is 44.8 Å². The summed E-state index contributed by atoms with van der Waals surface area (Å²) in [6.45, 7) is 7.54. The molecule has 1 atom stereocenters. The molecule has 6 nitrogen and oxygen atoms in total. The summed E-state index contributed by atoms with van der Waals surface area (Å²) < 4.78 is 26.2. The Morgan fingerprint density at radius 2 is 1.93 bits per heavy atom. The molecule has 2 saturated heterocycles. The van der Waals surface area contributed by atoms with Gasteiger partial charge in [0.1, 0.15) is 0 Å². The molecule has 0 radical (unpaired) electrons. The lowest BCUT2D eigenvalue weighted by atomic mass is 9.97. The highest BCUT2D eigenvalue weighted by molar-refractivity contribution is 7.89. The quantitative estimate of drug-likeness (QED) is 0.651. The molecule has 2 aliphatic rings. The minimum Gasteiger partial charge on any atom is -0.371 e. The fraction of sp³-hybridized carbons (Fsp3) is 0.682. The lowest BCUT2D eigenvalue weighted by Crippen LogP contribution is -2.44. The molecule has 0 aliphatic carbocycles. The molecule has 1 aromatic carbocycles. The Kier molecular flexibility index (Phi) is 8.04. The first kappa shape index (κ1) is 23.4. The fourth-order valence-corrected chi connectivity index (χ4v) is 6.23.